The van der Waals surface area contributed by atoms with Crippen molar-refractivity contribution in [2.75, 3.05) is 11.4 Å². The fourth-order valence-corrected chi connectivity index (χ4v) is 2.35. The zero-order valence-electron chi connectivity index (χ0n) is 10.1. The number of carbonyl (C=O) groups is 2. The number of fused-ring (bicyclic) bond motifs is 1. The first-order valence-electron chi connectivity index (χ1n) is 5.98. The van der Waals surface area contributed by atoms with Gasteiger partial charge in [-0.05, 0) is 42.3 Å². The molecule has 1 amide bonds. The van der Waals surface area contributed by atoms with Gasteiger partial charge in [0.25, 0.3) is 5.91 Å². The lowest BCUT2D eigenvalue weighted by atomic mass is 10.1. The van der Waals surface area contributed by atoms with Crippen LogP contribution in [0.5, 0.6) is 0 Å². The van der Waals surface area contributed by atoms with Crippen molar-refractivity contribution in [3.63, 3.8) is 0 Å². The largest absolute Gasteiger partial charge is 0.478 e. The number of nitrogens with one attached hydrogen (secondary N) is 1. The molecule has 0 saturated heterocycles. The van der Waals surface area contributed by atoms with Gasteiger partial charge in [-0.2, -0.15) is 0 Å². The van der Waals surface area contributed by atoms with Crippen LogP contribution in [0.15, 0.2) is 36.5 Å². The molecule has 0 atom stereocenters. The second kappa shape index (κ2) is 4.28. The Kier molecular flexibility index (Phi) is 2.59. The fourth-order valence-electron chi connectivity index (χ4n) is 2.35. The fraction of sp³-hybridized carbons (Fsp3) is 0.143. The Bertz CT molecular complexity index is 647. The summed E-state index contributed by atoms with van der Waals surface area (Å²) in [6, 6.07) is 8.37. The van der Waals surface area contributed by atoms with E-state index in [1.54, 1.807) is 35.4 Å². The molecule has 1 aliphatic rings. The van der Waals surface area contributed by atoms with Crippen LogP contribution in [0.25, 0.3) is 0 Å². The van der Waals surface area contributed by atoms with Crippen molar-refractivity contribution >= 4 is 17.6 Å². The minimum Gasteiger partial charge on any atom is -0.478 e. The molecule has 2 aromatic rings. The van der Waals surface area contributed by atoms with E-state index >= 15 is 0 Å². The van der Waals surface area contributed by atoms with Crippen LogP contribution in [0, 0.1) is 0 Å². The number of carbonyl (C=O) groups excluding carboxylic acids is 1. The third kappa shape index (κ3) is 1.89. The number of anilines is 1. The van der Waals surface area contributed by atoms with Crippen LogP contribution in [0.3, 0.4) is 0 Å². The Morgan fingerprint density at radius 3 is 2.79 bits per heavy atom. The van der Waals surface area contributed by atoms with E-state index in [0.29, 0.717) is 18.7 Å². The first-order valence-corrected chi connectivity index (χ1v) is 5.98. The first-order chi connectivity index (χ1) is 9.16. The van der Waals surface area contributed by atoms with Crippen LogP contribution in [0.1, 0.15) is 26.4 Å². The van der Waals surface area contributed by atoms with E-state index in [-0.39, 0.29) is 11.5 Å². The molecule has 0 radical (unpaired) electrons. The number of carboxylic acid groups (broad SMARTS) is 1. The highest BCUT2D eigenvalue weighted by molar-refractivity contribution is 6.06. The number of aromatic nitrogens is 1. The number of rotatable bonds is 2. The van der Waals surface area contributed by atoms with Gasteiger partial charge in [-0.15, -0.1) is 0 Å². The van der Waals surface area contributed by atoms with Crippen LogP contribution in [0.2, 0.25) is 0 Å². The molecule has 96 valence electrons. The summed E-state index contributed by atoms with van der Waals surface area (Å²) < 4.78 is 0. The molecule has 1 aromatic carbocycles. The van der Waals surface area contributed by atoms with Crippen molar-refractivity contribution in [2.24, 2.45) is 0 Å². The van der Waals surface area contributed by atoms with Gasteiger partial charge < -0.3 is 15.0 Å². The second-order valence-electron chi connectivity index (χ2n) is 4.44. The highest BCUT2D eigenvalue weighted by Crippen LogP contribution is 2.29. The van der Waals surface area contributed by atoms with E-state index in [9.17, 15) is 9.59 Å². The Labute approximate surface area is 109 Å². The maximum Gasteiger partial charge on any atom is 0.335 e. The average molecular weight is 256 g/mol. The topological polar surface area (TPSA) is 73.4 Å². The third-order valence-electron chi connectivity index (χ3n) is 3.30. The van der Waals surface area contributed by atoms with E-state index < -0.39 is 5.97 Å². The SMILES string of the molecule is O=C(O)c1ccc2c(c1)CCN2C(=O)c1ccc[nH]1. The van der Waals surface area contributed by atoms with Gasteiger partial charge in [-0.1, -0.05) is 0 Å². The summed E-state index contributed by atoms with van der Waals surface area (Å²) in [5, 5.41) is 8.96. The zero-order chi connectivity index (χ0) is 13.4. The van der Waals surface area contributed by atoms with Gasteiger partial charge in [0, 0.05) is 18.4 Å². The monoisotopic (exact) mass is 256 g/mol. The molecule has 5 nitrogen and oxygen atoms in total. The molecular weight excluding hydrogens is 244 g/mol. The number of H-pyrrole nitrogens is 1. The zero-order valence-corrected chi connectivity index (χ0v) is 10.1. The number of hydrogen-bond donors (Lipinski definition) is 2. The van der Waals surface area contributed by atoms with Crippen LogP contribution in [-0.2, 0) is 6.42 Å². The first kappa shape index (κ1) is 11.5. The predicted molar refractivity (Wildman–Crippen MR) is 69.6 cm³/mol. The van der Waals surface area contributed by atoms with Gasteiger partial charge in [-0.3, -0.25) is 4.79 Å². The molecule has 0 bridgehead atoms. The molecule has 0 unspecified atom stereocenters. The second-order valence-corrected chi connectivity index (χ2v) is 4.44. The number of aromatic amines is 1. The quantitative estimate of drug-likeness (QED) is 0.862. The number of carboxylic acids is 1. The Balaban J connectivity index is 1.94. The lowest BCUT2D eigenvalue weighted by Crippen LogP contribution is -2.29. The number of benzene rings is 1. The van der Waals surface area contributed by atoms with Crippen molar-refractivity contribution in [1.29, 1.82) is 0 Å². The van der Waals surface area contributed by atoms with E-state index in [4.69, 9.17) is 5.11 Å². The van der Waals surface area contributed by atoms with Crippen molar-refractivity contribution in [1.82, 2.24) is 4.98 Å². The summed E-state index contributed by atoms with van der Waals surface area (Å²) in [5.41, 5.74) is 2.49. The average Bonchev–Trinajstić information content (AvgIpc) is 3.06. The lowest BCUT2D eigenvalue weighted by molar-refractivity contribution is 0.0696. The molecule has 19 heavy (non-hydrogen) atoms. The molecule has 2 heterocycles. The molecule has 0 fully saturated rings. The molecule has 1 aromatic heterocycles. The highest BCUT2D eigenvalue weighted by atomic mass is 16.4. The van der Waals surface area contributed by atoms with E-state index in [1.807, 2.05) is 0 Å². The van der Waals surface area contributed by atoms with Gasteiger partial charge in [0.05, 0.1) is 5.56 Å². The normalized spacial score (nSPS) is 13.4. The summed E-state index contributed by atoms with van der Waals surface area (Å²) in [5.74, 6) is -1.04. The maximum atomic E-state index is 12.3. The van der Waals surface area contributed by atoms with Gasteiger partial charge in [-0.25, -0.2) is 4.79 Å². The van der Waals surface area contributed by atoms with Gasteiger partial charge >= 0.3 is 5.97 Å². The smallest absolute Gasteiger partial charge is 0.335 e. The maximum absolute atomic E-state index is 12.3. The van der Waals surface area contributed by atoms with Crippen LogP contribution in [-0.4, -0.2) is 28.5 Å². The summed E-state index contributed by atoms with van der Waals surface area (Å²) in [6.45, 7) is 0.580. The van der Waals surface area contributed by atoms with Gasteiger partial charge in [0.2, 0.25) is 0 Å². The molecule has 3 rings (SSSR count). The van der Waals surface area contributed by atoms with Crippen molar-refractivity contribution in [2.45, 2.75) is 6.42 Å². The van der Waals surface area contributed by atoms with Crippen LogP contribution >= 0.6 is 0 Å². The summed E-state index contributed by atoms with van der Waals surface area (Å²) in [6.07, 6.45) is 2.39. The Morgan fingerprint density at radius 1 is 1.26 bits per heavy atom. The number of hydrogen-bond acceptors (Lipinski definition) is 2. The Hall–Kier alpha value is -2.56. The van der Waals surface area contributed by atoms with E-state index in [1.165, 1.54) is 6.07 Å². The molecule has 0 aliphatic carbocycles. The molecule has 0 saturated carbocycles. The van der Waals surface area contributed by atoms with Crippen LogP contribution < -0.4 is 4.90 Å². The van der Waals surface area contributed by atoms with Gasteiger partial charge in [0.1, 0.15) is 5.69 Å². The lowest BCUT2D eigenvalue weighted by Gasteiger charge is -2.16. The minimum absolute atomic E-state index is 0.0909. The molecular formula is C14H12N2O3. The summed E-state index contributed by atoms with van der Waals surface area (Å²) in [7, 11) is 0. The predicted octanol–water partition coefficient (Wildman–Crippen LogP) is 1.92. The van der Waals surface area contributed by atoms with Gasteiger partial charge in [0.15, 0.2) is 0 Å². The molecule has 2 N–H and O–H groups in total. The number of nitrogens with zero attached hydrogens (tertiary/aromatic N) is 1. The third-order valence-corrected chi connectivity index (χ3v) is 3.30. The number of aromatic carboxylic acids is 1. The summed E-state index contributed by atoms with van der Waals surface area (Å²) >= 11 is 0. The van der Waals surface area contributed by atoms with Crippen LogP contribution in [0.4, 0.5) is 5.69 Å². The molecule has 0 spiro atoms. The minimum atomic E-state index is -0.947. The standard InChI is InChI=1S/C14H12N2O3/c17-13(11-2-1-6-15-11)16-7-5-9-8-10(14(18)19)3-4-12(9)16/h1-4,6,8,15H,5,7H2,(H,18,19). The van der Waals surface area contributed by atoms with Crippen molar-refractivity contribution in [3.05, 3.63) is 53.3 Å². The number of amides is 1. The molecule has 5 heteroatoms. The highest BCUT2D eigenvalue weighted by Gasteiger charge is 2.26. The van der Waals surface area contributed by atoms with Crippen molar-refractivity contribution < 1.29 is 14.7 Å². The Morgan fingerprint density at radius 2 is 2.11 bits per heavy atom. The van der Waals surface area contributed by atoms with Crippen molar-refractivity contribution in [3.8, 4) is 0 Å². The van der Waals surface area contributed by atoms with E-state index in [0.717, 1.165) is 11.3 Å². The molecule has 1 aliphatic heterocycles. The summed E-state index contributed by atoms with van der Waals surface area (Å²) in [4.78, 5) is 27.7. The van der Waals surface area contributed by atoms with E-state index in [2.05, 4.69) is 4.98 Å².